The molecule has 0 N–H and O–H groups in total. The van der Waals surface area contributed by atoms with Crippen LogP contribution >= 0.6 is 0 Å². The first kappa shape index (κ1) is 22.8. The molecule has 0 heterocycles. The average Bonchev–Trinajstić information content (AvgIpc) is 2.70. The molecule has 0 saturated heterocycles. The average molecular weight is 405 g/mol. The van der Waals surface area contributed by atoms with E-state index < -0.39 is 18.5 Å². The highest BCUT2D eigenvalue weighted by molar-refractivity contribution is 5.89. The van der Waals surface area contributed by atoms with E-state index in [1.807, 2.05) is 0 Å². The van der Waals surface area contributed by atoms with Crippen molar-refractivity contribution in [2.45, 2.75) is 46.1 Å². The Bertz CT molecular complexity index is 724. The van der Waals surface area contributed by atoms with Crippen LogP contribution in [-0.2, 0) is 19.1 Å². The normalized spacial score (nSPS) is 21.8. The van der Waals surface area contributed by atoms with E-state index in [4.69, 9.17) is 18.9 Å². The Labute approximate surface area is 173 Å². The number of carbonyl (C=O) groups excluding carboxylic acids is 2. The van der Waals surface area contributed by atoms with E-state index in [9.17, 15) is 9.59 Å². The molecule has 1 fully saturated rings. The SMILES string of the molecule is COc1cccc(/C=C/C(=O)OCC(=O)OC2CC(C)CCC2C(C)C)c1OC. The van der Waals surface area contributed by atoms with Crippen molar-refractivity contribution in [1.82, 2.24) is 0 Å². The second-order valence-electron chi connectivity index (χ2n) is 7.88. The van der Waals surface area contributed by atoms with Gasteiger partial charge in [0.15, 0.2) is 18.1 Å². The summed E-state index contributed by atoms with van der Waals surface area (Å²) in [6.07, 6.45) is 5.78. The van der Waals surface area contributed by atoms with Crippen molar-refractivity contribution in [3.05, 3.63) is 29.8 Å². The summed E-state index contributed by atoms with van der Waals surface area (Å²) >= 11 is 0. The van der Waals surface area contributed by atoms with Crippen LogP contribution in [0.25, 0.3) is 6.08 Å². The molecule has 160 valence electrons. The van der Waals surface area contributed by atoms with Crippen molar-refractivity contribution in [2.75, 3.05) is 20.8 Å². The number of hydrogen-bond acceptors (Lipinski definition) is 6. The van der Waals surface area contributed by atoms with E-state index in [0.29, 0.717) is 34.8 Å². The number of esters is 2. The van der Waals surface area contributed by atoms with E-state index in [1.54, 1.807) is 31.4 Å². The van der Waals surface area contributed by atoms with Crippen LogP contribution in [0, 0.1) is 17.8 Å². The van der Waals surface area contributed by atoms with Crippen molar-refractivity contribution < 1.29 is 28.5 Å². The van der Waals surface area contributed by atoms with Crippen molar-refractivity contribution in [2.24, 2.45) is 17.8 Å². The van der Waals surface area contributed by atoms with Gasteiger partial charge in [-0.3, -0.25) is 0 Å². The fraction of sp³-hybridized carbons (Fsp3) is 0.565. The maximum absolute atomic E-state index is 12.2. The zero-order chi connectivity index (χ0) is 21.4. The lowest BCUT2D eigenvalue weighted by atomic mass is 9.75. The number of carbonyl (C=O) groups is 2. The van der Waals surface area contributed by atoms with Gasteiger partial charge < -0.3 is 18.9 Å². The van der Waals surface area contributed by atoms with Gasteiger partial charge in [0.05, 0.1) is 14.2 Å². The van der Waals surface area contributed by atoms with Crippen molar-refractivity contribution in [1.29, 1.82) is 0 Å². The van der Waals surface area contributed by atoms with Crippen molar-refractivity contribution in [3.8, 4) is 11.5 Å². The maximum atomic E-state index is 12.2. The lowest BCUT2D eigenvalue weighted by molar-refractivity contribution is -0.165. The molecule has 1 aliphatic carbocycles. The molecule has 0 spiro atoms. The Hall–Kier alpha value is -2.50. The molecule has 3 unspecified atom stereocenters. The molecule has 1 saturated carbocycles. The quantitative estimate of drug-likeness (QED) is 0.476. The number of hydrogen-bond donors (Lipinski definition) is 0. The standard InChI is InChI=1S/C23H32O6/c1-15(2)18-11-9-16(3)13-20(18)29-22(25)14-28-21(24)12-10-17-7-6-8-19(26-4)23(17)27-5/h6-8,10,12,15-16,18,20H,9,11,13-14H2,1-5H3/b12-10+. The van der Waals surface area contributed by atoms with Crippen LogP contribution in [0.15, 0.2) is 24.3 Å². The van der Waals surface area contributed by atoms with Crippen LogP contribution in [-0.4, -0.2) is 38.9 Å². The molecule has 2 rings (SSSR count). The number of ether oxygens (including phenoxy) is 4. The van der Waals surface area contributed by atoms with E-state index in [2.05, 4.69) is 20.8 Å². The Balaban J connectivity index is 1.89. The lowest BCUT2D eigenvalue weighted by Crippen LogP contribution is -2.36. The molecular weight excluding hydrogens is 372 g/mol. The highest BCUT2D eigenvalue weighted by Crippen LogP contribution is 2.35. The van der Waals surface area contributed by atoms with E-state index in [1.165, 1.54) is 13.2 Å². The summed E-state index contributed by atoms with van der Waals surface area (Å²) in [7, 11) is 3.07. The van der Waals surface area contributed by atoms with Crippen LogP contribution in [0.1, 0.15) is 45.6 Å². The Morgan fingerprint density at radius 3 is 2.59 bits per heavy atom. The molecule has 0 radical (unpaired) electrons. The third-order valence-corrected chi connectivity index (χ3v) is 5.41. The third-order valence-electron chi connectivity index (χ3n) is 5.41. The van der Waals surface area contributed by atoms with Crippen LogP contribution < -0.4 is 9.47 Å². The summed E-state index contributed by atoms with van der Waals surface area (Å²) in [6, 6.07) is 5.34. The second-order valence-corrected chi connectivity index (χ2v) is 7.88. The van der Waals surface area contributed by atoms with Crippen LogP contribution in [0.4, 0.5) is 0 Å². The molecule has 6 nitrogen and oxygen atoms in total. The molecule has 6 heteroatoms. The Morgan fingerprint density at radius 2 is 1.93 bits per heavy atom. The van der Waals surface area contributed by atoms with Gasteiger partial charge >= 0.3 is 11.9 Å². The summed E-state index contributed by atoms with van der Waals surface area (Å²) in [5, 5.41) is 0. The number of benzene rings is 1. The molecule has 1 aromatic rings. The minimum Gasteiger partial charge on any atom is -0.493 e. The van der Waals surface area contributed by atoms with Crippen molar-refractivity contribution >= 4 is 18.0 Å². The second kappa shape index (κ2) is 10.9. The largest absolute Gasteiger partial charge is 0.493 e. The Morgan fingerprint density at radius 1 is 1.17 bits per heavy atom. The topological polar surface area (TPSA) is 71.1 Å². The highest BCUT2D eigenvalue weighted by Gasteiger charge is 2.33. The van der Waals surface area contributed by atoms with Gasteiger partial charge in [0.25, 0.3) is 0 Å². The zero-order valence-electron chi connectivity index (χ0n) is 18.0. The summed E-state index contributed by atoms with van der Waals surface area (Å²) in [5.74, 6) is 1.29. The first-order valence-corrected chi connectivity index (χ1v) is 10.1. The minimum absolute atomic E-state index is 0.110. The molecule has 0 aromatic heterocycles. The van der Waals surface area contributed by atoms with Gasteiger partial charge in [-0.1, -0.05) is 39.3 Å². The Kier molecular flexibility index (Phi) is 8.55. The maximum Gasteiger partial charge on any atom is 0.344 e. The number of rotatable bonds is 8. The number of para-hydroxylation sites is 1. The molecule has 1 aromatic carbocycles. The van der Waals surface area contributed by atoms with E-state index in [-0.39, 0.29) is 6.10 Å². The smallest absolute Gasteiger partial charge is 0.344 e. The molecule has 0 amide bonds. The summed E-state index contributed by atoms with van der Waals surface area (Å²) < 4.78 is 21.2. The fourth-order valence-corrected chi connectivity index (χ4v) is 3.83. The predicted molar refractivity (Wildman–Crippen MR) is 111 cm³/mol. The molecule has 29 heavy (non-hydrogen) atoms. The van der Waals surface area contributed by atoms with E-state index in [0.717, 1.165) is 19.3 Å². The van der Waals surface area contributed by atoms with Gasteiger partial charge in [-0.2, -0.15) is 0 Å². The van der Waals surface area contributed by atoms with Gasteiger partial charge in [-0.15, -0.1) is 0 Å². The van der Waals surface area contributed by atoms with Crippen molar-refractivity contribution in [3.63, 3.8) is 0 Å². The highest BCUT2D eigenvalue weighted by atomic mass is 16.6. The molecule has 3 atom stereocenters. The number of methoxy groups -OCH3 is 2. The predicted octanol–water partition coefficient (Wildman–Crippen LogP) is 4.26. The van der Waals surface area contributed by atoms with Crippen LogP contribution in [0.3, 0.4) is 0 Å². The lowest BCUT2D eigenvalue weighted by Gasteiger charge is -2.36. The fourth-order valence-electron chi connectivity index (χ4n) is 3.83. The first-order valence-electron chi connectivity index (χ1n) is 10.1. The van der Waals surface area contributed by atoms with Gasteiger partial charge in [0, 0.05) is 11.6 Å². The summed E-state index contributed by atoms with van der Waals surface area (Å²) in [4.78, 5) is 24.2. The van der Waals surface area contributed by atoms with Gasteiger partial charge in [-0.25, -0.2) is 9.59 Å². The van der Waals surface area contributed by atoms with E-state index >= 15 is 0 Å². The van der Waals surface area contributed by atoms with Gasteiger partial charge in [0.2, 0.25) is 0 Å². The molecule has 0 bridgehead atoms. The van der Waals surface area contributed by atoms with Gasteiger partial charge in [0.1, 0.15) is 6.10 Å². The summed E-state index contributed by atoms with van der Waals surface area (Å²) in [5.41, 5.74) is 0.669. The third kappa shape index (κ3) is 6.51. The van der Waals surface area contributed by atoms with Crippen LogP contribution in [0.5, 0.6) is 11.5 Å². The molecular formula is C23H32O6. The first-order chi connectivity index (χ1) is 13.8. The minimum atomic E-state index is -0.621. The molecule has 1 aliphatic rings. The van der Waals surface area contributed by atoms with Crippen LogP contribution in [0.2, 0.25) is 0 Å². The van der Waals surface area contributed by atoms with Gasteiger partial charge in [-0.05, 0) is 42.7 Å². The summed E-state index contributed by atoms with van der Waals surface area (Å²) in [6.45, 7) is 6.08. The molecule has 0 aliphatic heterocycles. The monoisotopic (exact) mass is 404 g/mol. The zero-order valence-corrected chi connectivity index (χ0v) is 18.0.